The first-order valence-corrected chi connectivity index (χ1v) is 9.54. The van der Waals surface area contributed by atoms with Gasteiger partial charge in [0.25, 0.3) is 5.91 Å². The average molecular weight is 380 g/mol. The Labute approximate surface area is 164 Å². The number of likely N-dealkylation sites (tertiary alicyclic amines) is 1. The number of para-hydroxylation sites is 1. The minimum absolute atomic E-state index is 0.209. The van der Waals surface area contributed by atoms with E-state index in [2.05, 4.69) is 0 Å². The molecule has 146 valence electrons. The van der Waals surface area contributed by atoms with Gasteiger partial charge in [0, 0.05) is 24.2 Å². The van der Waals surface area contributed by atoms with Gasteiger partial charge in [0.2, 0.25) is 5.91 Å². The zero-order valence-electron chi connectivity index (χ0n) is 15.9. The van der Waals surface area contributed by atoms with E-state index < -0.39 is 5.91 Å². The summed E-state index contributed by atoms with van der Waals surface area (Å²) in [4.78, 5) is 26.9. The standard InChI is InChI=1S/C22H24N2O4/c1-28-19-5-3-2-4-18(19)14-24-11-10-22(21(24)26)9-8-15-12-16(20(25)23-27)6-7-17(15)13-22/h2-7,12,27H,8-11,13-14H2,1H3,(H,23,25)/t22-/m1/s1. The van der Waals surface area contributed by atoms with Crippen LogP contribution in [0.4, 0.5) is 0 Å². The molecule has 1 aliphatic carbocycles. The molecule has 2 amide bonds. The lowest BCUT2D eigenvalue weighted by molar-refractivity contribution is -0.137. The molecule has 0 radical (unpaired) electrons. The number of nitrogens with one attached hydrogen (secondary N) is 1. The van der Waals surface area contributed by atoms with Crippen LogP contribution in [0.1, 0.15) is 39.9 Å². The van der Waals surface area contributed by atoms with Gasteiger partial charge in [0.05, 0.1) is 12.5 Å². The lowest BCUT2D eigenvalue weighted by atomic mass is 9.70. The number of rotatable bonds is 4. The van der Waals surface area contributed by atoms with Crippen LogP contribution in [0.25, 0.3) is 0 Å². The number of benzene rings is 2. The van der Waals surface area contributed by atoms with E-state index >= 15 is 0 Å². The number of hydroxylamine groups is 1. The second kappa shape index (κ2) is 7.28. The van der Waals surface area contributed by atoms with Crippen LogP contribution in [0.2, 0.25) is 0 Å². The number of nitrogens with zero attached hydrogens (tertiary/aromatic N) is 1. The minimum Gasteiger partial charge on any atom is -0.496 e. The molecule has 0 bridgehead atoms. The molecule has 0 aromatic heterocycles. The highest BCUT2D eigenvalue weighted by molar-refractivity contribution is 5.93. The van der Waals surface area contributed by atoms with Crippen LogP contribution >= 0.6 is 0 Å². The van der Waals surface area contributed by atoms with E-state index in [1.54, 1.807) is 18.7 Å². The maximum absolute atomic E-state index is 13.3. The fourth-order valence-electron chi connectivity index (χ4n) is 4.54. The van der Waals surface area contributed by atoms with Crippen molar-refractivity contribution >= 4 is 11.8 Å². The van der Waals surface area contributed by atoms with Gasteiger partial charge in [0.1, 0.15) is 5.75 Å². The molecule has 1 atom stereocenters. The summed E-state index contributed by atoms with van der Waals surface area (Å²) >= 11 is 0. The smallest absolute Gasteiger partial charge is 0.274 e. The first-order valence-electron chi connectivity index (χ1n) is 9.54. The Morgan fingerprint density at radius 1 is 1.21 bits per heavy atom. The molecule has 4 rings (SSSR count). The maximum atomic E-state index is 13.3. The van der Waals surface area contributed by atoms with Crippen molar-refractivity contribution in [3.05, 3.63) is 64.7 Å². The minimum atomic E-state index is -0.511. The van der Waals surface area contributed by atoms with Crippen LogP contribution < -0.4 is 10.2 Å². The third kappa shape index (κ3) is 3.14. The van der Waals surface area contributed by atoms with Crippen LogP contribution in [-0.2, 0) is 24.2 Å². The SMILES string of the molecule is COc1ccccc1CN1CC[C@@]2(CCc3cc(C(=O)NO)ccc3C2)C1=O. The molecule has 2 aromatic rings. The lowest BCUT2D eigenvalue weighted by Gasteiger charge is -2.33. The number of carbonyl (C=O) groups excluding carboxylic acids is 2. The summed E-state index contributed by atoms with van der Waals surface area (Å²) < 4.78 is 5.43. The number of ether oxygens (including phenoxy) is 1. The normalized spacial score (nSPS) is 20.9. The fraction of sp³-hybridized carbons (Fsp3) is 0.364. The molecule has 0 saturated carbocycles. The number of amides is 2. The summed E-state index contributed by atoms with van der Waals surface area (Å²) in [6, 6.07) is 13.2. The molecule has 2 aliphatic rings. The van der Waals surface area contributed by atoms with Crippen molar-refractivity contribution in [3.8, 4) is 5.75 Å². The van der Waals surface area contributed by atoms with Gasteiger partial charge in [-0.15, -0.1) is 0 Å². The third-order valence-electron chi connectivity index (χ3n) is 6.13. The Morgan fingerprint density at radius 3 is 2.82 bits per heavy atom. The van der Waals surface area contributed by atoms with Crippen molar-refractivity contribution < 1.29 is 19.5 Å². The van der Waals surface area contributed by atoms with Gasteiger partial charge in [-0.2, -0.15) is 0 Å². The quantitative estimate of drug-likeness (QED) is 0.631. The van der Waals surface area contributed by atoms with Crippen LogP contribution in [0.15, 0.2) is 42.5 Å². The molecular formula is C22H24N2O4. The Bertz CT molecular complexity index is 927. The Morgan fingerprint density at radius 2 is 2.04 bits per heavy atom. The number of carbonyl (C=O) groups is 2. The lowest BCUT2D eigenvalue weighted by Crippen LogP contribution is -2.38. The Kier molecular flexibility index (Phi) is 4.81. The van der Waals surface area contributed by atoms with Gasteiger partial charge < -0.3 is 9.64 Å². The number of fused-ring (bicyclic) bond motifs is 1. The molecule has 2 N–H and O–H groups in total. The summed E-state index contributed by atoms with van der Waals surface area (Å²) in [5.74, 6) is 0.504. The second-order valence-corrected chi connectivity index (χ2v) is 7.67. The summed E-state index contributed by atoms with van der Waals surface area (Å²) in [6.45, 7) is 1.31. The second-order valence-electron chi connectivity index (χ2n) is 7.67. The highest BCUT2D eigenvalue weighted by Crippen LogP contribution is 2.44. The first-order chi connectivity index (χ1) is 13.6. The summed E-state index contributed by atoms with van der Waals surface area (Å²) in [6.07, 6.45) is 3.09. The third-order valence-corrected chi connectivity index (χ3v) is 6.13. The van der Waals surface area contributed by atoms with Gasteiger partial charge in [-0.05, 0) is 55.0 Å². The van der Waals surface area contributed by atoms with Crippen LogP contribution in [-0.4, -0.2) is 35.6 Å². The molecule has 1 spiro atoms. The number of aryl methyl sites for hydroxylation is 1. The van der Waals surface area contributed by atoms with Crippen molar-refractivity contribution in [2.75, 3.05) is 13.7 Å². The molecule has 0 unspecified atom stereocenters. The van der Waals surface area contributed by atoms with E-state index in [-0.39, 0.29) is 11.3 Å². The van der Waals surface area contributed by atoms with Crippen molar-refractivity contribution in [2.24, 2.45) is 5.41 Å². The van der Waals surface area contributed by atoms with E-state index in [0.717, 1.165) is 48.2 Å². The van der Waals surface area contributed by atoms with Crippen molar-refractivity contribution in [3.63, 3.8) is 0 Å². The van der Waals surface area contributed by atoms with E-state index in [1.165, 1.54) is 0 Å². The highest BCUT2D eigenvalue weighted by Gasteiger charge is 2.48. The number of hydrogen-bond donors (Lipinski definition) is 2. The zero-order chi connectivity index (χ0) is 19.7. The van der Waals surface area contributed by atoms with Gasteiger partial charge in [-0.3, -0.25) is 14.8 Å². The van der Waals surface area contributed by atoms with Crippen molar-refractivity contribution in [2.45, 2.75) is 32.2 Å². The van der Waals surface area contributed by atoms with E-state index in [1.807, 2.05) is 41.3 Å². The Balaban J connectivity index is 1.53. The van der Waals surface area contributed by atoms with E-state index in [4.69, 9.17) is 9.94 Å². The highest BCUT2D eigenvalue weighted by atomic mass is 16.5. The molecule has 6 heteroatoms. The molecule has 2 aromatic carbocycles. The fourth-order valence-corrected chi connectivity index (χ4v) is 4.54. The van der Waals surface area contributed by atoms with Crippen molar-refractivity contribution in [1.82, 2.24) is 10.4 Å². The van der Waals surface area contributed by atoms with Crippen LogP contribution in [0.5, 0.6) is 5.75 Å². The number of hydrogen-bond acceptors (Lipinski definition) is 4. The molecule has 1 fully saturated rings. The first kappa shape index (κ1) is 18.5. The predicted molar refractivity (Wildman–Crippen MR) is 103 cm³/mol. The summed E-state index contributed by atoms with van der Waals surface area (Å²) in [5, 5.41) is 8.82. The Hall–Kier alpha value is -2.86. The van der Waals surface area contributed by atoms with E-state index in [9.17, 15) is 9.59 Å². The molecule has 28 heavy (non-hydrogen) atoms. The maximum Gasteiger partial charge on any atom is 0.274 e. The monoisotopic (exact) mass is 380 g/mol. The summed E-state index contributed by atoms with van der Waals surface area (Å²) in [5.41, 5.74) is 4.98. The predicted octanol–water partition coefficient (Wildman–Crippen LogP) is 2.72. The van der Waals surface area contributed by atoms with Crippen molar-refractivity contribution in [1.29, 1.82) is 0 Å². The van der Waals surface area contributed by atoms with Gasteiger partial charge in [-0.1, -0.05) is 24.3 Å². The number of methoxy groups -OCH3 is 1. The van der Waals surface area contributed by atoms with Crippen LogP contribution in [0, 0.1) is 5.41 Å². The topological polar surface area (TPSA) is 78.9 Å². The van der Waals surface area contributed by atoms with E-state index in [0.29, 0.717) is 18.5 Å². The van der Waals surface area contributed by atoms with Gasteiger partial charge in [-0.25, -0.2) is 5.48 Å². The molecule has 6 nitrogen and oxygen atoms in total. The molecule has 1 aliphatic heterocycles. The van der Waals surface area contributed by atoms with Crippen LogP contribution in [0.3, 0.4) is 0 Å². The average Bonchev–Trinajstić information content (AvgIpc) is 3.02. The molecule has 1 saturated heterocycles. The zero-order valence-corrected chi connectivity index (χ0v) is 15.9. The molecule has 1 heterocycles. The summed E-state index contributed by atoms with van der Waals surface area (Å²) in [7, 11) is 1.65. The van der Waals surface area contributed by atoms with Gasteiger partial charge >= 0.3 is 0 Å². The molecular weight excluding hydrogens is 356 g/mol. The largest absolute Gasteiger partial charge is 0.496 e. The van der Waals surface area contributed by atoms with Gasteiger partial charge in [0.15, 0.2) is 0 Å².